The Morgan fingerprint density at radius 1 is 1.60 bits per heavy atom. The molecule has 1 aliphatic rings. The van der Waals surface area contributed by atoms with Gasteiger partial charge in [0.05, 0.1) is 7.14 Å². The molecule has 1 fully saturated rings. The fourth-order valence-electron chi connectivity index (χ4n) is 1.21. The van der Waals surface area contributed by atoms with Crippen molar-refractivity contribution in [3.63, 3.8) is 0 Å². The Kier molecular flexibility index (Phi) is 2.81. The Balaban J connectivity index is 2.53. The zero-order chi connectivity index (χ0) is 7.78. The first-order chi connectivity index (χ1) is 4.50. The molecule has 0 aromatic carbocycles. The summed E-state index contributed by atoms with van der Waals surface area (Å²) < 4.78 is 13.8. The molecule has 1 heterocycles. The van der Waals surface area contributed by atoms with Crippen LogP contribution in [0.3, 0.4) is 0 Å². The van der Waals surface area contributed by atoms with E-state index >= 15 is 0 Å². The molecule has 0 bridgehead atoms. The van der Waals surface area contributed by atoms with Crippen molar-refractivity contribution in [2.24, 2.45) is 0 Å². The minimum atomic E-state index is -1.80. The van der Waals surface area contributed by atoms with Gasteiger partial charge in [0.1, 0.15) is 0 Å². The third-order valence-corrected chi connectivity index (χ3v) is 5.05. The summed E-state index contributed by atoms with van der Waals surface area (Å²) in [6.45, 7) is 5.92. The molecular weight excluding hydrogens is 260 g/mol. The van der Waals surface area contributed by atoms with E-state index in [0.717, 1.165) is 19.5 Å². The maximum atomic E-state index is 11.5. The molecule has 0 N–H and O–H groups in total. The van der Waals surface area contributed by atoms with Crippen molar-refractivity contribution in [3.05, 3.63) is 0 Å². The summed E-state index contributed by atoms with van der Waals surface area (Å²) in [5.41, 5.74) is 0.462. The molecule has 0 spiro atoms. The molecule has 10 heavy (non-hydrogen) atoms. The zero-order valence-corrected chi connectivity index (χ0v) is 9.43. The second kappa shape index (κ2) is 3.11. The number of hydrogen-bond acceptors (Lipinski definition) is 2. The van der Waals surface area contributed by atoms with Gasteiger partial charge in [0.2, 0.25) is 0 Å². The molecule has 1 atom stereocenters. The zero-order valence-electron chi connectivity index (χ0n) is 6.38. The van der Waals surface area contributed by atoms with Crippen LogP contribution in [0.1, 0.15) is 6.42 Å². The molecule has 1 rings (SSSR count). The molecule has 60 valence electrons. The van der Waals surface area contributed by atoms with Crippen molar-refractivity contribution in [2.75, 3.05) is 26.4 Å². The van der Waals surface area contributed by atoms with Gasteiger partial charge in [0.25, 0.3) is 0 Å². The highest BCUT2D eigenvalue weighted by Crippen LogP contribution is 2.46. The molecule has 4 heteroatoms. The Morgan fingerprint density at radius 2 is 2.20 bits per heavy atom. The largest absolute Gasteiger partial charge is 0.324 e. The monoisotopic (exact) mass is 273 g/mol. The number of rotatable bonds is 1. The van der Waals surface area contributed by atoms with Gasteiger partial charge in [-0.25, -0.2) is 3.11 Å². The molecule has 1 unspecified atom stereocenters. The van der Waals surface area contributed by atoms with E-state index in [1.165, 1.54) is 0 Å². The van der Waals surface area contributed by atoms with Gasteiger partial charge in [-0.2, -0.15) is 0 Å². The van der Waals surface area contributed by atoms with Gasteiger partial charge < -0.3 is 4.57 Å². The van der Waals surface area contributed by atoms with Crippen LogP contribution in [0.5, 0.6) is 0 Å². The third kappa shape index (κ3) is 2.21. The van der Waals surface area contributed by atoms with Gasteiger partial charge >= 0.3 is 0 Å². The summed E-state index contributed by atoms with van der Waals surface area (Å²) in [5.74, 6) is 0. The maximum absolute atomic E-state index is 11.5. The molecule has 0 amide bonds. The van der Waals surface area contributed by atoms with Crippen LogP contribution in [-0.2, 0) is 4.57 Å². The van der Waals surface area contributed by atoms with Crippen molar-refractivity contribution in [2.45, 2.75) is 12.1 Å². The fraction of sp³-hybridized carbons (Fsp3) is 1.00. The van der Waals surface area contributed by atoms with Crippen molar-refractivity contribution in [3.8, 4) is 0 Å². The first kappa shape index (κ1) is 9.01. The highest BCUT2D eigenvalue weighted by Gasteiger charge is 2.29. The lowest BCUT2D eigenvalue weighted by Crippen LogP contribution is -2.11. The van der Waals surface area contributed by atoms with Gasteiger partial charge in [0.15, 0.2) is 0 Å². The van der Waals surface area contributed by atoms with Crippen molar-refractivity contribution >= 4 is 30.0 Å². The first-order valence-corrected chi connectivity index (χ1v) is 7.09. The van der Waals surface area contributed by atoms with E-state index in [2.05, 4.69) is 26.0 Å². The lowest BCUT2D eigenvalue weighted by Gasteiger charge is -2.13. The van der Waals surface area contributed by atoms with E-state index < -0.39 is 7.14 Å². The first-order valence-electron chi connectivity index (χ1n) is 3.45. The quantitative estimate of drug-likeness (QED) is 0.414. The summed E-state index contributed by atoms with van der Waals surface area (Å²) in [6, 6.07) is 0. The van der Waals surface area contributed by atoms with Crippen molar-refractivity contribution in [1.82, 2.24) is 3.11 Å². The van der Waals surface area contributed by atoms with E-state index in [4.69, 9.17) is 0 Å². The summed E-state index contributed by atoms with van der Waals surface area (Å²) >= 11 is 2.30. The van der Waals surface area contributed by atoms with E-state index in [1.807, 2.05) is 13.3 Å². The fourth-order valence-corrected chi connectivity index (χ4v) is 3.60. The minimum absolute atomic E-state index is 0.462. The predicted octanol–water partition coefficient (Wildman–Crippen LogP) is 2.03. The summed E-state index contributed by atoms with van der Waals surface area (Å²) in [4.78, 5) is 0. The molecule has 0 radical (unpaired) electrons. The smallest absolute Gasteiger partial charge is 0.0861 e. The highest BCUT2D eigenvalue weighted by atomic mass is 127. The topological polar surface area (TPSA) is 20.3 Å². The van der Waals surface area contributed by atoms with Crippen LogP contribution in [0.15, 0.2) is 0 Å². The van der Waals surface area contributed by atoms with Gasteiger partial charge in [-0.05, 0) is 19.8 Å². The normalized spacial score (nSPS) is 29.3. The molecule has 1 aliphatic heterocycles. The minimum Gasteiger partial charge on any atom is -0.324 e. The van der Waals surface area contributed by atoms with Crippen LogP contribution >= 0.6 is 30.0 Å². The van der Waals surface area contributed by atoms with Gasteiger partial charge in [-0.15, -0.1) is 0 Å². The van der Waals surface area contributed by atoms with Crippen molar-refractivity contribution in [1.29, 1.82) is 0 Å². The van der Waals surface area contributed by atoms with Crippen LogP contribution in [-0.4, -0.2) is 35.2 Å². The van der Waals surface area contributed by atoms with Gasteiger partial charge in [-0.1, -0.05) is 0 Å². The predicted molar refractivity (Wildman–Crippen MR) is 53.5 cm³/mol. The average molecular weight is 273 g/mol. The van der Waals surface area contributed by atoms with Crippen LogP contribution in [0.2, 0.25) is 0 Å². The van der Waals surface area contributed by atoms with Crippen LogP contribution in [0.25, 0.3) is 0 Å². The van der Waals surface area contributed by atoms with Gasteiger partial charge in [0, 0.05) is 41.6 Å². The average Bonchev–Trinajstić information content (AvgIpc) is 2.11. The third-order valence-electron chi connectivity index (χ3n) is 1.99. The van der Waals surface area contributed by atoms with E-state index in [-0.39, 0.29) is 0 Å². The second-order valence-electron chi connectivity index (χ2n) is 3.25. The number of hydrogen-bond donors (Lipinski definition) is 0. The Morgan fingerprint density at radius 3 is 2.40 bits per heavy atom. The molecule has 0 saturated carbocycles. The molecule has 0 aliphatic carbocycles. The standard InChI is InChI=1S/C6H13INOP/c1-10(2,9)6-3-4-8(7)5-6/h6H,3-5H2,1-2H3. The highest BCUT2D eigenvalue weighted by molar-refractivity contribution is 14.1. The SMILES string of the molecule is CP(C)(=O)C1CCN(I)C1. The number of nitrogens with zero attached hydrogens (tertiary/aromatic N) is 1. The summed E-state index contributed by atoms with van der Waals surface area (Å²) in [6.07, 6.45) is 1.12. The van der Waals surface area contributed by atoms with E-state index in [0.29, 0.717) is 5.66 Å². The van der Waals surface area contributed by atoms with Crippen LogP contribution in [0.4, 0.5) is 0 Å². The lowest BCUT2D eigenvalue weighted by molar-refractivity contribution is 0.570. The summed E-state index contributed by atoms with van der Waals surface area (Å²) in [7, 11) is -1.80. The van der Waals surface area contributed by atoms with Gasteiger partial charge in [-0.3, -0.25) is 0 Å². The summed E-state index contributed by atoms with van der Waals surface area (Å²) in [5, 5.41) is 0. The van der Waals surface area contributed by atoms with E-state index in [9.17, 15) is 4.57 Å². The maximum Gasteiger partial charge on any atom is 0.0861 e. The molecular formula is C6H13INOP. The molecule has 0 aromatic rings. The Labute approximate surface area is 76.2 Å². The molecule has 0 aromatic heterocycles. The molecule has 2 nitrogen and oxygen atoms in total. The van der Waals surface area contributed by atoms with E-state index in [1.54, 1.807) is 0 Å². The van der Waals surface area contributed by atoms with Crippen LogP contribution < -0.4 is 0 Å². The Hall–Kier alpha value is 0.920. The van der Waals surface area contributed by atoms with Crippen LogP contribution in [0, 0.1) is 0 Å². The molecule has 1 saturated heterocycles. The lowest BCUT2D eigenvalue weighted by atomic mass is 10.4. The number of halogens is 1. The second-order valence-corrected chi connectivity index (χ2v) is 8.21. The Bertz CT molecular complexity index is 167. The van der Waals surface area contributed by atoms with Crippen molar-refractivity contribution < 1.29 is 4.57 Å².